The summed E-state index contributed by atoms with van der Waals surface area (Å²) in [5, 5.41) is 0. The van der Waals surface area contributed by atoms with Crippen LogP contribution in [0.3, 0.4) is 0 Å². The fourth-order valence-electron chi connectivity index (χ4n) is 2.28. The third kappa shape index (κ3) is 2.79. The third-order valence-electron chi connectivity index (χ3n) is 3.23. The number of aromatic nitrogens is 1. The fourth-order valence-corrected chi connectivity index (χ4v) is 2.28. The van der Waals surface area contributed by atoms with Gasteiger partial charge in [-0.25, -0.2) is 0 Å². The number of rotatable bonds is 4. The van der Waals surface area contributed by atoms with Crippen LogP contribution in [0.2, 0.25) is 0 Å². The normalized spacial score (nSPS) is 20.8. The standard InChI is InChI=1S/C13H19N3O2/c1-10(18-12-5-2-6-15-9-12)13(17)16-7-3-4-11(16)8-14/h2,5-6,9-11H,3-4,7-8,14H2,1H3/t10-,11-/m0/s1. The molecule has 0 aromatic carbocycles. The smallest absolute Gasteiger partial charge is 0.263 e. The topological polar surface area (TPSA) is 68.5 Å². The van der Waals surface area contributed by atoms with E-state index in [2.05, 4.69) is 4.98 Å². The zero-order valence-electron chi connectivity index (χ0n) is 10.6. The summed E-state index contributed by atoms with van der Waals surface area (Å²) in [7, 11) is 0. The van der Waals surface area contributed by atoms with Crippen LogP contribution in [0, 0.1) is 0 Å². The Labute approximate surface area is 107 Å². The Morgan fingerprint density at radius 3 is 3.22 bits per heavy atom. The van der Waals surface area contributed by atoms with Crippen molar-refractivity contribution >= 4 is 5.91 Å². The van der Waals surface area contributed by atoms with Gasteiger partial charge in [-0.3, -0.25) is 9.78 Å². The largest absolute Gasteiger partial charge is 0.479 e. The van der Waals surface area contributed by atoms with E-state index in [0.717, 1.165) is 19.4 Å². The Bertz CT molecular complexity index is 396. The second-order valence-corrected chi connectivity index (χ2v) is 4.51. The molecule has 1 aromatic rings. The summed E-state index contributed by atoms with van der Waals surface area (Å²) in [6.45, 7) is 3.06. The number of amides is 1. The molecular formula is C13H19N3O2. The lowest BCUT2D eigenvalue weighted by Gasteiger charge is -2.26. The van der Waals surface area contributed by atoms with E-state index in [0.29, 0.717) is 12.3 Å². The molecule has 18 heavy (non-hydrogen) atoms. The van der Waals surface area contributed by atoms with Crippen LogP contribution >= 0.6 is 0 Å². The van der Waals surface area contributed by atoms with E-state index in [9.17, 15) is 4.79 Å². The monoisotopic (exact) mass is 249 g/mol. The van der Waals surface area contributed by atoms with Gasteiger partial charge in [0, 0.05) is 25.3 Å². The van der Waals surface area contributed by atoms with Crippen LogP contribution in [0.4, 0.5) is 0 Å². The van der Waals surface area contributed by atoms with Gasteiger partial charge in [-0.15, -0.1) is 0 Å². The van der Waals surface area contributed by atoms with Crippen molar-refractivity contribution in [3.63, 3.8) is 0 Å². The highest BCUT2D eigenvalue weighted by Gasteiger charge is 2.31. The van der Waals surface area contributed by atoms with Gasteiger partial charge in [0.25, 0.3) is 5.91 Å². The summed E-state index contributed by atoms with van der Waals surface area (Å²) < 4.78 is 5.59. The molecule has 2 N–H and O–H groups in total. The molecule has 2 heterocycles. The molecule has 5 nitrogen and oxygen atoms in total. The van der Waals surface area contributed by atoms with Crippen LogP contribution < -0.4 is 10.5 Å². The Balaban J connectivity index is 1.96. The fraction of sp³-hybridized carbons (Fsp3) is 0.538. The van der Waals surface area contributed by atoms with Gasteiger partial charge < -0.3 is 15.4 Å². The lowest BCUT2D eigenvalue weighted by Crippen LogP contribution is -2.45. The van der Waals surface area contributed by atoms with Gasteiger partial charge in [-0.05, 0) is 31.9 Å². The quantitative estimate of drug-likeness (QED) is 0.857. The first-order valence-electron chi connectivity index (χ1n) is 6.29. The van der Waals surface area contributed by atoms with Gasteiger partial charge in [0.1, 0.15) is 5.75 Å². The maximum absolute atomic E-state index is 12.2. The molecule has 2 atom stereocenters. The zero-order chi connectivity index (χ0) is 13.0. The van der Waals surface area contributed by atoms with E-state index in [1.165, 1.54) is 0 Å². The summed E-state index contributed by atoms with van der Waals surface area (Å²) in [4.78, 5) is 18.0. The van der Waals surface area contributed by atoms with Crippen molar-refractivity contribution in [1.29, 1.82) is 0 Å². The molecule has 1 aliphatic rings. The molecule has 1 fully saturated rings. The van der Waals surface area contributed by atoms with E-state index >= 15 is 0 Å². The lowest BCUT2D eigenvalue weighted by atomic mass is 10.2. The predicted molar refractivity (Wildman–Crippen MR) is 68.1 cm³/mol. The van der Waals surface area contributed by atoms with E-state index in [-0.39, 0.29) is 11.9 Å². The first-order valence-corrected chi connectivity index (χ1v) is 6.29. The van der Waals surface area contributed by atoms with Crippen molar-refractivity contribution < 1.29 is 9.53 Å². The number of nitrogens with zero attached hydrogens (tertiary/aromatic N) is 2. The Morgan fingerprint density at radius 1 is 1.72 bits per heavy atom. The minimum atomic E-state index is -0.499. The lowest BCUT2D eigenvalue weighted by molar-refractivity contribution is -0.138. The summed E-state index contributed by atoms with van der Waals surface area (Å²) in [5.74, 6) is 0.619. The van der Waals surface area contributed by atoms with Gasteiger partial charge in [0.05, 0.1) is 6.20 Å². The maximum Gasteiger partial charge on any atom is 0.263 e. The average molecular weight is 249 g/mol. The number of nitrogens with two attached hydrogens (primary N) is 1. The maximum atomic E-state index is 12.2. The van der Waals surface area contributed by atoms with Crippen molar-refractivity contribution in [2.24, 2.45) is 5.73 Å². The van der Waals surface area contributed by atoms with E-state index in [1.807, 2.05) is 4.90 Å². The Morgan fingerprint density at radius 2 is 2.56 bits per heavy atom. The van der Waals surface area contributed by atoms with Crippen LogP contribution in [-0.2, 0) is 4.79 Å². The molecule has 0 unspecified atom stereocenters. The van der Waals surface area contributed by atoms with Crippen LogP contribution in [0.15, 0.2) is 24.5 Å². The zero-order valence-corrected chi connectivity index (χ0v) is 10.6. The number of carbonyl (C=O) groups is 1. The Hall–Kier alpha value is -1.62. The molecule has 5 heteroatoms. The van der Waals surface area contributed by atoms with Crippen LogP contribution in [0.25, 0.3) is 0 Å². The summed E-state index contributed by atoms with van der Waals surface area (Å²) in [6.07, 6.45) is 4.79. The molecule has 0 saturated carbocycles. The van der Waals surface area contributed by atoms with Crippen molar-refractivity contribution in [3.05, 3.63) is 24.5 Å². The summed E-state index contributed by atoms with van der Waals surface area (Å²) >= 11 is 0. The van der Waals surface area contributed by atoms with Gasteiger partial charge in [-0.1, -0.05) is 0 Å². The molecule has 0 aliphatic carbocycles. The second-order valence-electron chi connectivity index (χ2n) is 4.51. The highest BCUT2D eigenvalue weighted by atomic mass is 16.5. The third-order valence-corrected chi connectivity index (χ3v) is 3.23. The minimum absolute atomic E-state index is 0.00630. The number of pyridine rings is 1. The Kier molecular flexibility index (Phi) is 4.15. The number of likely N-dealkylation sites (tertiary alicyclic amines) is 1. The molecule has 98 valence electrons. The van der Waals surface area contributed by atoms with E-state index in [4.69, 9.17) is 10.5 Å². The SMILES string of the molecule is C[C@H](Oc1cccnc1)C(=O)N1CCC[C@H]1CN. The van der Waals surface area contributed by atoms with Crippen molar-refractivity contribution in [2.75, 3.05) is 13.1 Å². The van der Waals surface area contributed by atoms with Gasteiger partial charge in [-0.2, -0.15) is 0 Å². The number of carbonyl (C=O) groups excluding carboxylic acids is 1. The van der Waals surface area contributed by atoms with Crippen LogP contribution in [-0.4, -0.2) is 41.0 Å². The molecule has 0 bridgehead atoms. The molecule has 2 rings (SSSR count). The van der Waals surface area contributed by atoms with Gasteiger partial charge in [0.15, 0.2) is 6.10 Å². The molecule has 0 spiro atoms. The summed E-state index contributed by atoms with van der Waals surface area (Å²) in [5.41, 5.74) is 5.67. The molecule has 1 amide bonds. The molecule has 1 saturated heterocycles. The second kappa shape index (κ2) is 5.82. The van der Waals surface area contributed by atoms with Crippen LogP contribution in [0.1, 0.15) is 19.8 Å². The first kappa shape index (κ1) is 12.8. The van der Waals surface area contributed by atoms with Crippen molar-refractivity contribution in [1.82, 2.24) is 9.88 Å². The number of hydrogen-bond donors (Lipinski definition) is 1. The first-order chi connectivity index (χ1) is 8.72. The van der Waals surface area contributed by atoms with E-state index in [1.54, 1.807) is 31.5 Å². The highest BCUT2D eigenvalue weighted by Crippen LogP contribution is 2.19. The van der Waals surface area contributed by atoms with Crippen LogP contribution in [0.5, 0.6) is 5.75 Å². The average Bonchev–Trinajstić information content (AvgIpc) is 2.87. The van der Waals surface area contributed by atoms with E-state index < -0.39 is 6.10 Å². The predicted octanol–water partition coefficient (Wildman–Crippen LogP) is 0.799. The van der Waals surface area contributed by atoms with Crippen molar-refractivity contribution in [2.45, 2.75) is 31.9 Å². The molecular weight excluding hydrogens is 230 g/mol. The molecule has 0 radical (unpaired) electrons. The highest BCUT2D eigenvalue weighted by molar-refractivity contribution is 5.81. The number of ether oxygens (including phenoxy) is 1. The van der Waals surface area contributed by atoms with Gasteiger partial charge in [0.2, 0.25) is 0 Å². The molecule has 1 aliphatic heterocycles. The molecule has 1 aromatic heterocycles. The van der Waals surface area contributed by atoms with Gasteiger partial charge >= 0.3 is 0 Å². The van der Waals surface area contributed by atoms with Crippen molar-refractivity contribution in [3.8, 4) is 5.75 Å². The summed E-state index contributed by atoms with van der Waals surface area (Å²) in [6, 6.07) is 3.74. The minimum Gasteiger partial charge on any atom is -0.479 e. The number of hydrogen-bond acceptors (Lipinski definition) is 4.